The van der Waals surface area contributed by atoms with Gasteiger partial charge in [0.25, 0.3) is 0 Å². The summed E-state index contributed by atoms with van der Waals surface area (Å²) in [5.74, 6) is -0.425. The SMILES string of the molecule is Cc1[nH]nc(C(=O)OCc2nc3ccccc3s2)c1C. The van der Waals surface area contributed by atoms with Crippen LogP contribution in [0.5, 0.6) is 0 Å². The Morgan fingerprint density at radius 2 is 2.15 bits per heavy atom. The fourth-order valence-corrected chi connectivity index (χ4v) is 2.74. The summed E-state index contributed by atoms with van der Waals surface area (Å²) in [6, 6.07) is 7.85. The van der Waals surface area contributed by atoms with Gasteiger partial charge in [0, 0.05) is 11.3 Å². The first-order valence-corrected chi connectivity index (χ1v) is 7.00. The number of hydrogen-bond donors (Lipinski definition) is 1. The van der Waals surface area contributed by atoms with Gasteiger partial charge in [-0.2, -0.15) is 5.10 Å². The highest BCUT2D eigenvalue weighted by Crippen LogP contribution is 2.22. The number of aryl methyl sites for hydroxylation is 1. The van der Waals surface area contributed by atoms with Gasteiger partial charge in [0.15, 0.2) is 5.69 Å². The number of ether oxygens (including phenoxy) is 1. The van der Waals surface area contributed by atoms with Gasteiger partial charge in [0.1, 0.15) is 11.6 Å². The topological polar surface area (TPSA) is 67.9 Å². The van der Waals surface area contributed by atoms with E-state index in [1.807, 2.05) is 38.1 Å². The summed E-state index contributed by atoms with van der Waals surface area (Å²) in [6.45, 7) is 3.88. The Morgan fingerprint density at radius 1 is 1.35 bits per heavy atom. The number of fused-ring (bicyclic) bond motifs is 1. The molecule has 0 aliphatic rings. The van der Waals surface area contributed by atoms with E-state index in [-0.39, 0.29) is 6.61 Å². The van der Waals surface area contributed by atoms with Gasteiger partial charge in [-0.1, -0.05) is 12.1 Å². The number of aromatic amines is 1. The Hall–Kier alpha value is -2.21. The number of aromatic nitrogens is 3. The van der Waals surface area contributed by atoms with Crippen LogP contribution in [0.1, 0.15) is 26.8 Å². The lowest BCUT2D eigenvalue weighted by Crippen LogP contribution is -2.07. The summed E-state index contributed by atoms with van der Waals surface area (Å²) < 4.78 is 6.35. The first-order valence-electron chi connectivity index (χ1n) is 6.18. The van der Waals surface area contributed by atoms with Crippen molar-refractivity contribution in [2.24, 2.45) is 0 Å². The average Bonchev–Trinajstić information content (AvgIpc) is 3.00. The molecule has 0 fully saturated rings. The van der Waals surface area contributed by atoms with Gasteiger partial charge >= 0.3 is 5.97 Å². The number of rotatable bonds is 3. The largest absolute Gasteiger partial charge is 0.454 e. The van der Waals surface area contributed by atoms with E-state index in [2.05, 4.69) is 15.2 Å². The Morgan fingerprint density at radius 3 is 2.85 bits per heavy atom. The molecule has 3 rings (SSSR count). The normalized spacial score (nSPS) is 10.9. The second-order valence-corrected chi connectivity index (χ2v) is 5.59. The van der Waals surface area contributed by atoms with Crippen molar-refractivity contribution in [3.63, 3.8) is 0 Å². The zero-order valence-electron chi connectivity index (χ0n) is 11.1. The van der Waals surface area contributed by atoms with Crippen LogP contribution < -0.4 is 0 Å². The van der Waals surface area contributed by atoms with Crippen LogP contribution in [0.4, 0.5) is 0 Å². The van der Waals surface area contributed by atoms with Crippen molar-refractivity contribution >= 4 is 27.5 Å². The van der Waals surface area contributed by atoms with Crippen molar-refractivity contribution in [3.8, 4) is 0 Å². The highest BCUT2D eigenvalue weighted by Gasteiger charge is 2.16. The minimum Gasteiger partial charge on any atom is -0.454 e. The highest BCUT2D eigenvalue weighted by molar-refractivity contribution is 7.18. The maximum atomic E-state index is 11.9. The van der Waals surface area contributed by atoms with Crippen molar-refractivity contribution in [2.75, 3.05) is 0 Å². The predicted molar refractivity (Wildman–Crippen MR) is 76.8 cm³/mol. The summed E-state index contributed by atoms with van der Waals surface area (Å²) in [5.41, 5.74) is 2.95. The van der Waals surface area contributed by atoms with Gasteiger partial charge in [-0.15, -0.1) is 11.3 Å². The van der Waals surface area contributed by atoms with Gasteiger partial charge in [-0.3, -0.25) is 5.10 Å². The molecule has 2 heterocycles. The molecular weight excluding hydrogens is 274 g/mol. The molecule has 3 aromatic rings. The fourth-order valence-electron chi connectivity index (χ4n) is 1.86. The fraction of sp³-hybridized carbons (Fsp3) is 0.214. The molecule has 102 valence electrons. The smallest absolute Gasteiger partial charge is 0.359 e. The molecule has 0 saturated carbocycles. The number of thiazole rings is 1. The minimum absolute atomic E-state index is 0.170. The zero-order valence-corrected chi connectivity index (χ0v) is 12.0. The third-order valence-electron chi connectivity index (χ3n) is 3.11. The van der Waals surface area contributed by atoms with Crippen LogP contribution >= 0.6 is 11.3 Å². The molecule has 0 atom stereocenters. The molecule has 2 aromatic heterocycles. The van der Waals surface area contributed by atoms with Crippen LogP contribution in [0.3, 0.4) is 0 Å². The van der Waals surface area contributed by atoms with Crippen LogP contribution in [0, 0.1) is 13.8 Å². The molecule has 0 spiro atoms. The van der Waals surface area contributed by atoms with E-state index in [1.54, 1.807) is 0 Å². The monoisotopic (exact) mass is 287 g/mol. The van der Waals surface area contributed by atoms with Crippen LogP contribution in [-0.4, -0.2) is 21.2 Å². The molecule has 1 aromatic carbocycles. The van der Waals surface area contributed by atoms with Crippen molar-refractivity contribution in [3.05, 3.63) is 46.2 Å². The maximum absolute atomic E-state index is 11.9. The number of nitrogens with one attached hydrogen (secondary N) is 1. The minimum atomic E-state index is -0.425. The van der Waals surface area contributed by atoms with Gasteiger partial charge in [-0.25, -0.2) is 9.78 Å². The lowest BCUT2D eigenvalue weighted by molar-refractivity contribution is 0.0464. The molecule has 1 N–H and O–H groups in total. The van der Waals surface area contributed by atoms with E-state index >= 15 is 0 Å². The predicted octanol–water partition coefficient (Wildman–Crippen LogP) is 2.99. The number of carbonyl (C=O) groups excluding carboxylic acids is 1. The lowest BCUT2D eigenvalue weighted by atomic mass is 10.2. The number of nitrogens with zero attached hydrogens (tertiary/aromatic N) is 2. The first-order chi connectivity index (χ1) is 9.65. The molecule has 0 saturated heterocycles. The molecule has 0 amide bonds. The Labute approximate surface area is 119 Å². The summed E-state index contributed by atoms with van der Waals surface area (Å²) >= 11 is 1.53. The first kappa shape index (κ1) is 12.8. The third-order valence-corrected chi connectivity index (χ3v) is 4.12. The number of benzene rings is 1. The molecule has 20 heavy (non-hydrogen) atoms. The molecule has 0 bridgehead atoms. The van der Waals surface area contributed by atoms with E-state index in [0.29, 0.717) is 5.69 Å². The molecule has 0 aliphatic carbocycles. The van der Waals surface area contributed by atoms with Crippen LogP contribution in [0.2, 0.25) is 0 Å². The van der Waals surface area contributed by atoms with Crippen molar-refractivity contribution in [1.29, 1.82) is 0 Å². The van der Waals surface area contributed by atoms with E-state index in [0.717, 1.165) is 26.5 Å². The van der Waals surface area contributed by atoms with Gasteiger partial charge in [0.05, 0.1) is 10.2 Å². The highest BCUT2D eigenvalue weighted by atomic mass is 32.1. The van der Waals surface area contributed by atoms with Crippen LogP contribution in [0.15, 0.2) is 24.3 Å². The Balaban J connectivity index is 1.73. The number of para-hydroxylation sites is 1. The number of carbonyl (C=O) groups is 1. The average molecular weight is 287 g/mol. The summed E-state index contributed by atoms with van der Waals surface area (Å²) in [4.78, 5) is 16.4. The zero-order chi connectivity index (χ0) is 14.1. The van der Waals surface area contributed by atoms with Gasteiger partial charge in [-0.05, 0) is 26.0 Å². The summed E-state index contributed by atoms with van der Waals surface area (Å²) in [5, 5.41) is 7.51. The summed E-state index contributed by atoms with van der Waals surface area (Å²) in [7, 11) is 0. The van der Waals surface area contributed by atoms with Crippen molar-refractivity contribution < 1.29 is 9.53 Å². The number of H-pyrrole nitrogens is 1. The lowest BCUT2D eigenvalue weighted by Gasteiger charge is -2.00. The van der Waals surface area contributed by atoms with E-state index in [1.165, 1.54) is 11.3 Å². The molecule has 6 heteroatoms. The second kappa shape index (κ2) is 5.05. The third kappa shape index (κ3) is 2.30. The van der Waals surface area contributed by atoms with Gasteiger partial charge < -0.3 is 4.74 Å². The standard InChI is InChI=1S/C14H13N3O2S/c1-8-9(2)16-17-13(8)14(18)19-7-12-15-10-5-3-4-6-11(10)20-12/h3-6H,7H2,1-2H3,(H,16,17). The van der Waals surface area contributed by atoms with Crippen LogP contribution in [0.25, 0.3) is 10.2 Å². The molecule has 5 nitrogen and oxygen atoms in total. The van der Waals surface area contributed by atoms with E-state index in [4.69, 9.17) is 4.74 Å². The van der Waals surface area contributed by atoms with E-state index in [9.17, 15) is 4.79 Å². The molecule has 0 unspecified atom stereocenters. The maximum Gasteiger partial charge on any atom is 0.359 e. The Bertz CT molecular complexity index is 743. The molecular formula is C14H13N3O2S. The van der Waals surface area contributed by atoms with E-state index < -0.39 is 5.97 Å². The van der Waals surface area contributed by atoms with Crippen LogP contribution in [-0.2, 0) is 11.3 Å². The number of hydrogen-bond acceptors (Lipinski definition) is 5. The summed E-state index contributed by atoms with van der Waals surface area (Å²) in [6.07, 6.45) is 0. The molecule has 0 radical (unpaired) electrons. The quantitative estimate of drug-likeness (QED) is 0.752. The Kier molecular flexibility index (Phi) is 3.23. The van der Waals surface area contributed by atoms with Gasteiger partial charge in [0.2, 0.25) is 0 Å². The number of esters is 1. The second-order valence-electron chi connectivity index (χ2n) is 4.47. The molecule has 0 aliphatic heterocycles. The van der Waals surface area contributed by atoms with Crippen molar-refractivity contribution in [2.45, 2.75) is 20.5 Å². The van der Waals surface area contributed by atoms with Crippen molar-refractivity contribution in [1.82, 2.24) is 15.2 Å².